The molecule has 0 saturated heterocycles. The number of hydrogen-bond acceptors (Lipinski definition) is 5. The van der Waals surface area contributed by atoms with Crippen LogP contribution in [-0.2, 0) is 11.3 Å². The van der Waals surface area contributed by atoms with Crippen LogP contribution < -0.4 is 24.4 Å². The van der Waals surface area contributed by atoms with Crippen LogP contribution in [0.3, 0.4) is 0 Å². The fraction of sp³-hybridized carbons (Fsp3) is 0.286. The molecule has 2 aromatic rings. The smallest absolute Gasteiger partial charge is 0.244 e. The van der Waals surface area contributed by atoms with Gasteiger partial charge in [-0.05, 0) is 41.5 Å². The van der Waals surface area contributed by atoms with Gasteiger partial charge in [-0.25, -0.2) is 0 Å². The third-order valence-corrected chi connectivity index (χ3v) is 4.20. The Morgan fingerprint density at radius 1 is 1.19 bits per heavy atom. The number of fused-ring (bicyclic) bond motifs is 1. The first-order valence-corrected chi connectivity index (χ1v) is 8.76. The molecule has 142 valence electrons. The fourth-order valence-electron chi connectivity index (χ4n) is 2.72. The van der Waals surface area contributed by atoms with E-state index in [1.807, 2.05) is 55.4 Å². The normalized spacial score (nSPS) is 12.7. The van der Waals surface area contributed by atoms with Gasteiger partial charge in [0, 0.05) is 32.4 Å². The Kier molecular flexibility index (Phi) is 5.86. The molecule has 0 atom stereocenters. The number of hydrogen-bond donors (Lipinski definition) is 1. The highest BCUT2D eigenvalue weighted by Gasteiger charge is 2.17. The van der Waals surface area contributed by atoms with E-state index in [1.54, 1.807) is 13.2 Å². The van der Waals surface area contributed by atoms with Gasteiger partial charge in [0.2, 0.25) is 11.7 Å². The second kappa shape index (κ2) is 8.49. The van der Waals surface area contributed by atoms with Gasteiger partial charge < -0.3 is 24.4 Å². The van der Waals surface area contributed by atoms with Gasteiger partial charge in [0.05, 0.1) is 7.11 Å². The maximum atomic E-state index is 12.1. The zero-order valence-corrected chi connectivity index (χ0v) is 15.8. The largest absolute Gasteiger partial charge is 0.493 e. The molecule has 0 radical (unpaired) electrons. The van der Waals surface area contributed by atoms with E-state index in [-0.39, 0.29) is 5.91 Å². The Morgan fingerprint density at radius 2 is 1.93 bits per heavy atom. The molecule has 0 aliphatic carbocycles. The first-order valence-electron chi connectivity index (χ1n) is 8.76. The van der Waals surface area contributed by atoms with Gasteiger partial charge >= 0.3 is 0 Å². The third-order valence-electron chi connectivity index (χ3n) is 4.20. The van der Waals surface area contributed by atoms with E-state index < -0.39 is 0 Å². The number of benzene rings is 2. The maximum Gasteiger partial charge on any atom is 0.244 e. The van der Waals surface area contributed by atoms with Crippen molar-refractivity contribution in [1.29, 1.82) is 0 Å². The predicted molar refractivity (Wildman–Crippen MR) is 106 cm³/mol. The highest BCUT2D eigenvalue weighted by atomic mass is 16.6. The summed E-state index contributed by atoms with van der Waals surface area (Å²) in [6.45, 7) is 1.47. The van der Waals surface area contributed by atoms with E-state index in [0.717, 1.165) is 16.8 Å². The first kappa shape index (κ1) is 18.6. The summed E-state index contributed by atoms with van der Waals surface area (Å²) in [4.78, 5) is 14.1. The number of nitrogens with zero attached hydrogens (tertiary/aromatic N) is 1. The van der Waals surface area contributed by atoms with Crippen molar-refractivity contribution in [2.45, 2.75) is 6.54 Å². The molecule has 3 rings (SSSR count). The fourth-order valence-corrected chi connectivity index (χ4v) is 2.72. The Labute approximate surface area is 159 Å². The zero-order valence-electron chi connectivity index (χ0n) is 15.8. The van der Waals surface area contributed by atoms with Gasteiger partial charge in [0.1, 0.15) is 13.2 Å². The molecule has 0 bridgehead atoms. The van der Waals surface area contributed by atoms with Crippen molar-refractivity contribution in [3.05, 3.63) is 53.6 Å². The summed E-state index contributed by atoms with van der Waals surface area (Å²) in [5.41, 5.74) is 2.97. The summed E-state index contributed by atoms with van der Waals surface area (Å²) < 4.78 is 16.5. The lowest BCUT2D eigenvalue weighted by Gasteiger charge is -2.20. The molecule has 0 aromatic heterocycles. The van der Waals surface area contributed by atoms with Crippen molar-refractivity contribution in [3.8, 4) is 17.2 Å². The van der Waals surface area contributed by atoms with Crippen LogP contribution in [0.5, 0.6) is 17.2 Å². The van der Waals surface area contributed by atoms with E-state index in [9.17, 15) is 4.79 Å². The molecule has 6 nitrogen and oxygen atoms in total. The summed E-state index contributed by atoms with van der Waals surface area (Å²) in [5, 5.41) is 2.88. The van der Waals surface area contributed by atoms with Gasteiger partial charge in [-0.3, -0.25) is 4.79 Å². The van der Waals surface area contributed by atoms with Gasteiger partial charge in [-0.2, -0.15) is 0 Å². The zero-order chi connectivity index (χ0) is 19.2. The predicted octanol–water partition coefficient (Wildman–Crippen LogP) is 2.86. The average molecular weight is 368 g/mol. The van der Waals surface area contributed by atoms with Gasteiger partial charge in [-0.15, -0.1) is 0 Å². The summed E-state index contributed by atoms with van der Waals surface area (Å²) >= 11 is 0. The van der Waals surface area contributed by atoms with Crippen molar-refractivity contribution in [1.82, 2.24) is 5.32 Å². The van der Waals surface area contributed by atoms with E-state index in [2.05, 4.69) is 5.32 Å². The van der Waals surface area contributed by atoms with Crippen molar-refractivity contribution in [2.75, 3.05) is 39.3 Å². The van der Waals surface area contributed by atoms with E-state index in [0.29, 0.717) is 37.0 Å². The Bertz CT molecular complexity index is 812. The molecule has 0 spiro atoms. The van der Waals surface area contributed by atoms with E-state index in [4.69, 9.17) is 14.2 Å². The number of carbonyl (C=O) groups excluding carboxylic acids is 1. The van der Waals surface area contributed by atoms with Crippen LogP contribution in [0.25, 0.3) is 6.08 Å². The number of nitrogens with one attached hydrogen (secondary N) is 1. The van der Waals surface area contributed by atoms with Crippen LogP contribution in [0.1, 0.15) is 11.1 Å². The summed E-state index contributed by atoms with van der Waals surface area (Å²) in [5.74, 6) is 1.65. The number of rotatable bonds is 6. The number of ether oxygens (including phenoxy) is 3. The van der Waals surface area contributed by atoms with Crippen LogP contribution in [0.4, 0.5) is 5.69 Å². The van der Waals surface area contributed by atoms with E-state index >= 15 is 0 Å². The van der Waals surface area contributed by atoms with Gasteiger partial charge in [-0.1, -0.05) is 12.1 Å². The molecule has 1 aliphatic rings. The SMILES string of the molecule is COc1cc(/C=C/C(=O)NCc2ccc(N(C)C)cc2)cc2c1OCCO2. The minimum Gasteiger partial charge on any atom is -0.493 e. The number of methoxy groups -OCH3 is 1. The molecule has 0 unspecified atom stereocenters. The monoisotopic (exact) mass is 368 g/mol. The van der Waals surface area contributed by atoms with Crippen LogP contribution in [0.2, 0.25) is 0 Å². The van der Waals surface area contributed by atoms with Crippen LogP contribution in [0.15, 0.2) is 42.5 Å². The maximum absolute atomic E-state index is 12.1. The number of anilines is 1. The first-order chi connectivity index (χ1) is 13.1. The molecule has 2 aromatic carbocycles. The second-order valence-electron chi connectivity index (χ2n) is 6.36. The Morgan fingerprint density at radius 3 is 2.63 bits per heavy atom. The number of amides is 1. The van der Waals surface area contributed by atoms with E-state index in [1.165, 1.54) is 6.08 Å². The van der Waals surface area contributed by atoms with Crippen molar-refractivity contribution < 1.29 is 19.0 Å². The molecule has 1 aliphatic heterocycles. The Hall–Kier alpha value is -3.15. The van der Waals surface area contributed by atoms with Crippen LogP contribution in [-0.4, -0.2) is 40.3 Å². The molecule has 0 saturated carbocycles. The highest BCUT2D eigenvalue weighted by molar-refractivity contribution is 5.91. The molecule has 1 N–H and O–H groups in total. The third kappa shape index (κ3) is 4.73. The van der Waals surface area contributed by atoms with Crippen molar-refractivity contribution >= 4 is 17.7 Å². The van der Waals surface area contributed by atoms with Crippen molar-refractivity contribution in [2.24, 2.45) is 0 Å². The van der Waals surface area contributed by atoms with Crippen LogP contribution in [0, 0.1) is 0 Å². The second-order valence-corrected chi connectivity index (χ2v) is 6.36. The molecular formula is C21H24N2O4. The summed E-state index contributed by atoms with van der Waals surface area (Å²) in [6.07, 6.45) is 3.23. The molecule has 0 fully saturated rings. The number of carbonyl (C=O) groups is 1. The highest BCUT2D eigenvalue weighted by Crippen LogP contribution is 2.40. The lowest BCUT2D eigenvalue weighted by atomic mass is 10.1. The quantitative estimate of drug-likeness (QED) is 0.795. The molecule has 6 heteroatoms. The van der Waals surface area contributed by atoms with Crippen molar-refractivity contribution in [3.63, 3.8) is 0 Å². The summed E-state index contributed by atoms with van der Waals surface area (Å²) in [6, 6.07) is 11.7. The van der Waals surface area contributed by atoms with Gasteiger partial charge in [0.15, 0.2) is 11.5 Å². The summed E-state index contributed by atoms with van der Waals surface area (Å²) in [7, 11) is 5.57. The standard InChI is InChI=1S/C21H24N2O4/c1-23(2)17-7-4-15(5-8-17)14-22-20(24)9-6-16-12-18(25-3)21-19(13-16)26-10-11-27-21/h4-9,12-13H,10-11,14H2,1-3H3,(H,22,24)/b9-6+. The van der Waals surface area contributed by atoms with Crippen LogP contribution >= 0.6 is 0 Å². The Balaban J connectivity index is 1.61. The van der Waals surface area contributed by atoms with Gasteiger partial charge in [0.25, 0.3) is 0 Å². The molecule has 1 heterocycles. The minimum absolute atomic E-state index is 0.166. The molecule has 27 heavy (non-hydrogen) atoms. The average Bonchev–Trinajstić information content (AvgIpc) is 2.70. The topological polar surface area (TPSA) is 60.0 Å². The molecule has 1 amide bonds. The minimum atomic E-state index is -0.166. The molecular weight excluding hydrogens is 344 g/mol. The lowest BCUT2D eigenvalue weighted by Crippen LogP contribution is -2.20. The lowest BCUT2D eigenvalue weighted by molar-refractivity contribution is -0.116.